The Bertz CT molecular complexity index is 5470. The molecule has 0 radical (unpaired) electrons. The van der Waals surface area contributed by atoms with Crippen molar-refractivity contribution in [1.82, 2.24) is 29.9 Å². The normalized spacial score (nSPS) is 13.4. The van der Waals surface area contributed by atoms with Crippen molar-refractivity contribution in [1.29, 1.82) is 0 Å². The van der Waals surface area contributed by atoms with Crippen LogP contribution in [0.25, 0.3) is 113 Å². The predicted octanol–water partition coefficient (Wildman–Crippen LogP) is 20.3. The van der Waals surface area contributed by atoms with E-state index in [1.807, 2.05) is 72.8 Å². The molecular weight excluding hydrogens is 1150 g/mol. The molecule has 13 aromatic carbocycles. The molecule has 0 atom stereocenters. The molecule has 0 saturated carbocycles. The first kappa shape index (κ1) is 53.3. The standard InChI is InChI=1S/C86H52N6O2/c1-4-20-53(21-5-1)54-36-40-58(41-37-54)81-87-79(56-22-6-2-7-23-56)90-84(91-81)62-45-48-73-78(52-62)94-76-49-46-60(50-74(76)86(73)69-32-16-12-28-65(69)66-29-13-17-33-70(66)86)55-38-42-59(43-39-55)82-88-80(57-24-8-3-9-25-57)89-83(92-82)61-44-47-72-77(51-61)93-75-35-19-18-34-71(75)85(72)67-30-14-10-26-63(67)64-27-11-15-31-68(64)85/h1-52H. The number of hydrogen-bond acceptors (Lipinski definition) is 8. The minimum atomic E-state index is -0.739. The number of fused-ring (bicyclic) bond motifs is 18. The quantitative estimate of drug-likeness (QED) is 0.148. The van der Waals surface area contributed by atoms with E-state index in [0.717, 1.165) is 101 Å². The summed E-state index contributed by atoms with van der Waals surface area (Å²) in [5, 5.41) is 0. The highest BCUT2D eigenvalue weighted by atomic mass is 16.5. The summed E-state index contributed by atoms with van der Waals surface area (Å²) in [4.78, 5) is 31.2. The summed E-state index contributed by atoms with van der Waals surface area (Å²) in [5.74, 6) is 6.50. The second-order valence-electron chi connectivity index (χ2n) is 24.4. The summed E-state index contributed by atoms with van der Waals surface area (Å²) >= 11 is 0. The van der Waals surface area contributed by atoms with E-state index in [4.69, 9.17) is 39.4 Å². The number of rotatable bonds is 8. The van der Waals surface area contributed by atoms with E-state index >= 15 is 0 Å². The fraction of sp³-hybridized carbons (Fsp3) is 0.0233. The van der Waals surface area contributed by atoms with Crippen LogP contribution in [0.2, 0.25) is 0 Å². The summed E-state index contributed by atoms with van der Waals surface area (Å²) in [6, 6.07) is 111. The SMILES string of the molecule is c1ccc(-c2ccc(-c3nc(-c4ccccc4)nc(-c4ccc5c(c4)Oc4ccc(-c6ccc(-c7nc(-c8ccccc8)nc(-c8ccc9c(c8)Oc8ccccc8C98c9ccccc9-c9ccccc98)n7)cc6)cc4C54c5ccccc5-c5ccccc54)n3)cc2)cc1. The van der Waals surface area contributed by atoms with Crippen molar-refractivity contribution in [3.63, 3.8) is 0 Å². The van der Waals surface area contributed by atoms with Gasteiger partial charge in [-0.1, -0.05) is 285 Å². The molecule has 2 aromatic heterocycles. The van der Waals surface area contributed by atoms with Gasteiger partial charge in [0.1, 0.15) is 23.0 Å². The van der Waals surface area contributed by atoms with Crippen LogP contribution < -0.4 is 9.47 Å². The van der Waals surface area contributed by atoms with Gasteiger partial charge in [0.05, 0.1) is 10.8 Å². The van der Waals surface area contributed by atoms with Gasteiger partial charge in [-0.2, -0.15) is 0 Å². The molecule has 2 spiro atoms. The maximum Gasteiger partial charge on any atom is 0.164 e. The average Bonchev–Trinajstić information content (AvgIpc) is 1.47. The predicted molar refractivity (Wildman–Crippen MR) is 371 cm³/mol. The lowest BCUT2D eigenvalue weighted by Gasteiger charge is -2.39. The van der Waals surface area contributed by atoms with E-state index in [2.05, 4.69) is 243 Å². The van der Waals surface area contributed by atoms with Gasteiger partial charge in [0.25, 0.3) is 0 Å². The lowest BCUT2D eigenvalue weighted by molar-refractivity contribution is 0.436. The minimum Gasteiger partial charge on any atom is -0.457 e. The molecule has 94 heavy (non-hydrogen) atoms. The molecular formula is C86H52N6O2. The topological polar surface area (TPSA) is 95.8 Å². The fourth-order valence-electron chi connectivity index (χ4n) is 15.2. The molecule has 2 aliphatic heterocycles. The zero-order chi connectivity index (χ0) is 61.9. The molecule has 438 valence electrons. The molecule has 0 bridgehead atoms. The number of hydrogen-bond donors (Lipinski definition) is 0. The third-order valence-corrected chi connectivity index (χ3v) is 19.4. The van der Waals surface area contributed by atoms with Crippen LogP contribution in [-0.4, -0.2) is 29.9 Å². The number of aromatic nitrogens is 6. The van der Waals surface area contributed by atoms with Crippen molar-refractivity contribution in [2.45, 2.75) is 10.8 Å². The van der Waals surface area contributed by atoms with Crippen LogP contribution in [0, 0.1) is 0 Å². The van der Waals surface area contributed by atoms with Crippen LogP contribution >= 0.6 is 0 Å². The summed E-state index contributed by atoms with van der Waals surface area (Å²) < 4.78 is 14.1. The molecule has 4 aliphatic rings. The first-order valence-corrected chi connectivity index (χ1v) is 31.7. The van der Waals surface area contributed by atoms with Crippen molar-refractivity contribution in [2.75, 3.05) is 0 Å². The smallest absolute Gasteiger partial charge is 0.164 e. The first-order valence-electron chi connectivity index (χ1n) is 31.7. The van der Waals surface area contributed by atoms with Gasteiger partial charge in [0.15, 0.2) is 34.9 Å². The number of nitrogens with zero attached hydrogens (tertiary/aromatic N) is 6. The van der Waals surface area contributed by atoms with E-state index < -0.39 is 10.8 Å². The summed E-state index contributed by atoms with van der Waals surface area (Å²) in [5.41, 5.74) is 22.2. The maximum absolute atomic E-state index is 7.20. The molecule has 19 rings (SSSR count). The van der Waals surface area contributed by atoms with E-state index in [-0.39, 0.29) is 0 Å². The number of para-hydroxylation sites is 1. The summed E-state index contributed by atoms with van der Waals surface area (Å²) in [6.45, 7) is 0. The molecule has 15 aromatic rings. The third-order valence-electron chi connectivity index (χ3n) is 19.4. The van der Waals surface area contributed by atoms with Crippen LogP contribution in [0.4, 0.5) is 0 Å². The van der Waals surface area contributed by atoms with E-state index in [0.29, 0.717) is 34.9 Å². The van der Waals surface area contributed by atoms with E-state index in [1.165, 1.54) is 44.5 Å². The molecule has 0 saturated heterocycles. The monoisotopic (exact) mass is 1200 g/mol. The zero-order valence-electron chi connectivity index (χ0n) is 50.5. The van der Waals surface area contributed by atoms with Gasteiger partial charge >= 0.3 is 0 Å². The van der Waals surface area contributed by atoms with Crippen molar-refractivity contribution in [2.24, 2.45) is 0 Å². The summed E-state index contributed by atoms with van der Waals surface area (Å²) in [6.07, 6.45) is 0. The van der Waals surface area contributed by atoms with Gasteiger partial charge in [-0.25, -0.2) is 29.9 Å². The van der Waals surface area contributed by atoms with Crippen LogP contribution in [0.5, 0.6) is 23.0 Å². The van der Waals surface area contributed by atoms with Gasteiger partial charge in [0.2, 0.25) is 0 Å². The third kappa shape index (κ3) is 8.12. The van der Waals surface area contributed by atoms with Crippen LogP contribution in [0.15, 0.2) is 315 Å². The van der Waals surface area contributed by atoms with E-state index in [1.54, 1.807) is 0 Å². The number of benzene rings is 13. The number of ether oxygens (including phenoxy) is 2. The highest BCUT2D eigenvalue weighted by Gasteiger charge is 2.53. The highest BCUT2D eigenvalue weighted by Crippen LogP contribution is 2.64. The Kier molecular flexibility index (Phi) is 11.9. The Morgan fingerprint density at radius 2 is 0.436 bits per heavy atom. The van der Waals surface area contributed by atoms with Gasteiger partial charge in [0, 0.05) is 55.6 Å². The van der Waals surface area contributed by atoms with Crippen LogP contribution in [0.1, 0.15) is 44.5 Å². The molecule has 0 N–H and O–H groups in total. The second-order valence-corrected chi connectivity index (χ2v) is 24.4. The Morgan fingerprint density at radius 1 is 0.170 bits per heavy atom. The van der Waals surface area contributed by atoms with Crippen molar-refractivity contribution >= 4 is 0 Å². The van der Waals surface area contributed by atoms with Crippen molar-refractivity contribution in [3.8, 4) is 136 Å². The molecule has 8 heteroatoms. The largest absolute Gasteiger partial charge is 0.457 e. The van der Waals surface area contributed by atoms with Gasteiger partial charge in [-0.3, -0.25) is 0 Å². The molecule has 2 aliphatic carbocycles. The van der Waals surface area contributed by atoms with Crippen LogP contribution in [0.3, 0.4) is 0 Å². The molecule has 0 fully saturated rings. The molecule has 4 heterocycles. The Labute approximate surface area is 542 Å². The highest BCUT2D eigenvalue weighted by molar-refractivity contribution is 5.92. The Balaban J connectivity index is 0.706. The Hall–Kier alpha value is -12.5. The van der Waals surface area contributed by atoms with E-state index in [9.17, 15) is 0 Å². The van der Waals surface area contributed by atoms with Crippen molar-refractivity contribution in [3.05, 3.63) is 360 Å². The fourth-order valence-corrected chi connectivity index (χ4v) is 15.2. The lowest BCUT2D eigenvalue weighted by Crippen LogP contribution is -2.32. The van der Waals surface area contributed by atoms with Gasteiger partial charge in [-0.15, -0.1) is 0 Å². The Morgan fingerprint density at radius 3 is 0.862 bits per heavy atom. The lowest BCUT2D eigenvalue weighted by atomic mass is 9.65. The molecule has 0 amide bonds. The van der Waals surface area contributed by atoms with Crippen LogP contribution in [-0.2, 0) is 10.8 Å². The van der Waals surface area contributed by atoms with Gasteiger partial charge in [-0.05, 0) is 97.1 Å². The minimum absolute atomic E-state index is 0.545. The van der Waals surface area contributed by atoms with Gasteiger partial charge < -0.3 is 9.47 Å². The van der Waals surface area contributed by atoms with Crippen molar-refractivity contribution < 1.29 is 9.47 Å². The second kappa shape index (κ2) is 21.0. The first-order chi connectivity index (χ1) is 46.5. The molecule has 8 nitrogen and oxygen atoms in total. The maximum atomic E-state index is 7.20. The zero-order valence-corrected chi connectivity index (χ0v) is 50.5. The average molecular weight is 1200 g/mol. The summed E-state index contributed by atoms with van der Waals surface area (Å²) in [7, 11) is 0. The molecule has 0 unspecified atom stereocenters.